The third-order valence-corrected chi connectivity index (χ3v) is 4.57. The van der Waals surface area contributed by atoms with E-state index in [1.54, 1.807) is 6.92 Å². The van der Waals surface area contributed by atoms with E-state index < -0.39 is 0 Å². The van der Waals surface area contributed by atoms with E-state index in [0.29, 0.717) is 6.54 Å². The molecule has 0 aliphatic heterocycles. The zero-order valence-electron chi connectivity index (χ0n) is 16.6. The molecular formula is C23H28N4O. The van der Waals surface area contributed by atoms with Crippen molar-refractivity contribution in [3.63, 3.8) is 0 Å². The second-order valence-corrected chi connectivity index (χ2v) is 7.07. The number of aromatic nitrogens is 2. The first kappa shape index (κ1) is 19.8. The molecule has 2 aromatic carbocycles. The summed E-state index contributed by atoms with van der Waals surface area (Å²) in [4.78, 5) is 10.9. The minimum absolute atomic E-state index is 0.0174. The Bertz CT molecular complexity index is 885. The number of hydrogen-bond donors (Lipinski definition) is 2. The summed E-state index contributed by atoms with van der Waals surface area (Å²) in [5, 5.41) is 11.2. The van der Waals surface area contributed by atoms with E-state index in [-0.39, 0.29) is 5.91 Å². The van der Waals surface area contributed by atoms with Gasteiger partial charge in [0.2, 0.25) is 5.91 Å². The number of hydrogen-bond acceptors (Lipinski definition) is 3. The Hall–Kier alpha value is -2.92. The van der Waals surface area contributed by atoms with Crippen molar-refractivity contribution in [1.29, 1.82) is 0 Å². The molecule has 0 atom stereocenters. The van der Waals surface area contributed by atoms with Gasteiger partial charge >= 0.3 is 0 Å². The minimum atomic E-state index is 0.0174. The first-order chi connectivity index (χ1) is 13.6. The van der Waals surface area contributed by atoms with Gasteiger partial charge in [0, 0.05) is 37.3 Å². The number of rotatable bonds is 9. The van der Waals surface area contributed by atoms with Gasteiger partial charge in [-0.15, -0.1) is 0 Å². The molecule has 1 amide bonds. The van der Waals surface area contributed by atoms with Crippen LogP contribution in [0.1, 0.15) is 30.0 Å². The number of amides is 1. The van der Waals surface area contributed by atoms with Gasteiger partial charge in [0.1, 0.15) is 0 Å². The molecule has 5 heteroatoms. The predicted octanol–water partition coefficient (Wildman–Crippen LogP) is 3.52. The fourth-order valence-corrected chi connectivity index (χ4v) is 3.10. The van der Waals surface area contributed by atoms with Gasteiger partial charge in [-0.05, 0) is 25.5 Å². The summed E-state index contributed by atoms with van der Waals surface area (Å²) < 4.78 is 2.01. The molecule has 0 unspecified atom stereocenters. The number of carbonyl (C=O) groups excluding carboxylic acids is 1. The fourth-order valence-electron chi connectivity index (χ4n) is 3.10. The number of benzene rings is 2. The highest BCUT2D eigenvalue weighted by atomic mass is 16.1. The van der Waals surface area contributed by atoms with Crippen molar-refractivity contribution >= 4 is 5.91 Å². The summed E-state index contributed by atoms with van der Waals surface area (Å²) in [7, 11) is 0. The number of nitrogens with one attached hydrogen (secondary N) is 2. The Morgan fingerprint density at radius 1 is 1.04 bits per heavy atom. The van der Waals surface area contributed by atoms with E-state index in [0.717, 1.165) is 37.3 Å². The Kier molecular flexibility index (Phi) is 6.98. The van der Waals surface area contributed by atoms with Gasteiger partial charge in [-0.1, -0.05) is 60.2 Å². The van der Waals surface area contributed by atoms with E-state index in [1.165, 1.54) is 16.7 Å². The third-order valence-electron chi connectivity index (χ3n) is 4.57. The average Bonchev–Trinajstić information content (AvgIpc) is 3.08. The van der Waals surface area contributed by atoms with Crippen LogP contribution in [0.15, 0.2) is 60.8 Å². The topological polar surface area (TPSA) is 59.0 Å². The Morgan fingerprint density at radius 2 is 1.79 bits per heavy atom. The zero-order valence-corrected chi connectivity index (χ0v) is 16.6. The molecule has 0 saturated heterocycles. The molecule has 0 aliphatic rings. The maximum Gasteiger partial charge on any atom is 0.216 e. The highest BCUT2D eigenvalue weighted by Gasteiger charge is 2.11. The van der Waals surface area contributed by atoms with Gasteiger partial charge in [0.05, 0.1) is 12.2 Å². The molecule has 0 saturated carbocycles. The summed E-state index contributed by atoms with van der Waals surface area (Å²) in [6.07, 6.45) is 3.03. The number of nitrogens with zero attached hydrogens (tertiary/aromatic N) is 2. The monoisotopic (exact) mass is 376 g/mol. The second kappa shape index (κ2) is 9.85. The largest absolute Gasteiger partial charge is 0.356 e. The lowest BCUT2D eigenvalue weighted by Gasteiger charge is -2.06. The number of aryl methyl sites for hydroxylation is 1. The molecule has 1 aromatic heterocycles. The zero-order chi connectivity index (χ0) is 19.8. The molecule has 3 aromatic rings. The molecule has 0 radical (unpaired) electrons. The molecule has 3 rings (SSSR count). The fraction of sp³-hybridized carbons (Fsp3) is 0.304. The summed E-state index contributed by atoms with van der Waals surface area (Å²) >= 11 is 0. The smallest absolute Gasteiger partial charge is 0.216 e. The molecule has 1 heterocycles. The maximum atomic E-state index is 10.9. The van der Waals surface area contributed by atoms with Crippen molar-refractivity contribution < 1.29 is 4.79 Å². The molecule has 28 heavy (non-hydrogen) atoms. The molecule has 0 bridgehead atoms. The highest BCUT2D eigenvalue weighted by molar-refractivity contribution is 5.72. The van der Waals surface area contributed by atoms with Crippen LogP contribution in [0.2, 0.25) is 0 Å². The van der Waals surface area contributed by atoms with Crippen LogP contribution in [0.25, 0.3) is 11.3 Å². The first-order valence-electron chi connectivity index (χ1n) is 9.74. The maximum absolute atomic E-state index is 10.9. The van der Waals surface area contributed by atoms with Crippen molar-refractivity contribution in [2.24, 2.45) is 0 Å². The quantitative estimate of drug-likeness (QED) is 0.562. The van der Waals surface area contributed by atoms with Gasteiger partial charge in [0.15, 0.2) is 0 Å². The lowest BCUT2D eigenvalue weighted by atomic mass is 10.1. The van der Waals surface area contributed by atoms with E-state index >= 15 is 0 Å². The van der Waals surface area contributed by atoms with Crippen LogP contribution in [0.3, 0.4) is 0 Å². The highest BCUT2D eigenvalue weighted by Crippen LogP contribution is 2.23. The van der Waals surface area contributed by atoms with Crippen LogP contribution in [-0.4, -0.2) is 28.8 Å². The standard InChI is InChI=1S/C23H28N4O/c1-18-9-11-21(12-10-18)23-22(15-24-13-6-14-25-19(2)28)17-27(26-23)16-20-7-4-3-5-8-20/h3-5,7-12,17,24H,6,13-16H2,1-2H3,(H,25,28). The van der Waals surface area contributed by atoms with Gasteiger partial charge in [-0.3, -0.25) is 9.48 Å². The van der Waals surface area contributed by atoms with Crippen molar-refractivity contribution in [1.82, 2.24) is 20.4 Å². The first-order valence-corrected chi connectivity index (χ1v) is 9.74. The molecule has 5 nitrogen and oxygen atoms in total. The normalized spacial score (nSPS) is 10.8. The molecule has 0 spiro atoms. The Labute approximate surface area is 166 Å². The van der Waals surface area contributed by atoms with Gasteiger partial charge in [0.25, 0.3) is 0 Å². The third kappa shape index (κ3) is 5.79. The second-order valence-electron chi connectivity index (χ2n) is 7.07. The van der Waals surface area contributed by atoms with Crippen LogP contribution in [0.4, 0.5) is 0 Å². The summed E-state index contributed by atoms with van der Waals surface area (Å²) in [6, 6.07) is 18.9. The van der Waals surface area contributed by atoms with E-state index in [4.69, 9.17) is 5.10 Å². The molecule has 0 fully saturated rings. The van der Waals surface area contributed by atoms with E-state index in [1.807, 2.05) is 10.7 Å². The predicted molar refractivity (Wildman–Crippen MR) is 113 cm³/mol. The summed E-state index contributed by atoms with van der Waals surface area (Å²) in [5.41, 5.74) is 5.80. The van der Waals surface area contributed by atoms with Crippen LogP contribution in [-0.2, 0) is 17.9 Å². The molecule has 0 aliphatic carbocycles. The van der Waals surface area contributed by atoms with Crippen molar-refractivity contribution in [2.75, 3.05) is 13.1 Å². The van der Waals surface area contributed by atoms with E-state index in [2.05, 4.69) is 72.3 Å². The summed E-state index contributed by atoms with van der Waals surface area (Å²) in [5.74, 6) is 0.0174. The lowest BCUT2D eigenvalue weighted by molar-refractivity contribution is -0.118. The number of carbonyl (C=O) groups is 1. The van der Waals surface area contributed by atoms with Crippen molar-refractivity contribution in [3.05, 3.63) is 77.5 Å². The van der Waals surface area contributed by atoms with Gasteiger partial charge in [-0.25, -0.2) is 0 Å². The van der Waals surface area contributed by atoms with Crippen LogP contribution >= 0.6 is 0 Å². The van der Waals surface area contributed by atoms with E-state index in [9.17, 15) is 4.79 Å². The minimum Gasteiger partial charge on any atom is -0.356 e. The molecule has 2 N–H and O–H groups in total. The summed E-state index contributed by atoms with van der Waals surface area (Å²) in [6.45, 7) is 6.68. The van der Waals surface area contributed by atoms with Crippen molar-refractivity contribution in [3.8, 4) is 11.3 Å². The van der Waals surface area contributed by atoms with Crippen LogP contribution < -0.4 is 10.6 Å². The van der Waals surface area contributed by atoms with Crippen molar-refractivity contribution in [2.45, 2.75) is 33.4 Å². The van der Waals surface area contributed by atoms with Crippen LogP contribution in [0, 0.1) is 6.92 Å². The van der Waals surface area contributed by atoms with Gasteiger partial charge in [-0.2, -0.15) is 5.10 Å². The SMILES string of the molecule is CC(=O)NCCCNCc1cn(Cc2ccccc2)nc1-c1ccc(C)cc1. The van der Waals surface area contributed by atoms with Crippen LogP contribution in [0.5, 0.6) is 0 Å². The Balaban J connectivity index is 1.70. The molecule has 146 valence electrons. The average molecular weight is 377 g/mol. The molecular weight excluding hydrogens is 348 g/mol. The lowest BCUT2D eigenvalue weighted by Crippen LogP contribution is -2.25. The Morgan fingerprint density at radius 3 is 2.50 bits per heavy atom. The van der Waals surface area contributed by atoms with Gasteiger partial charge < -0.3 is 10.6 Å².